The second-order valence-electron chi connectivity index (χ2n) is 5.72. The van der Waals surface area contributed by atoms with E-state index in [4.69, 9.17) is 18.6 Å². The van der Waals surface area contributed by atoms with Gasteiger partial charge < -0.3 is 23.5 Å². The number of carbonyl (C=O) groups is 2. The van der Waals surface area contributed by atoms with E-state index in [9.17, 15) is 9.59 Å². The van der Waals surface area contributed by atoms with Gasteiger partial charge >= 0.3 is 5.97 Å². The van der Waals surface area contributed by atoms with Gasteiger partial charge in [-0.15, -0.1) is 0 Å². The predicted molar refractivity (Wildman–Crippen MR) is 93.8 cm³/mol. The summed E-state index contributed by atoms with van der Waals surface area (Å²) in [5, 5.41) is 0. The first-order valence-corrected chi connectivity index (χ1v) is 8.19. The number of amides is 1. The van der Waals surface area contributed by atoms with Crippen LogP contribution in [0.1, 0.15) is 12.7 Å². The molecule has 7 nitrogen and oxygen atoms in total. The van der Waals surface area contributed by atoms with Gasteiger partial charge in [0.1, 0.15) is 5.76 Å². The van der Waals surface area contributed by atoms with Crippen LogP contribution < -0.4 is 9.47 Å². The van der Waals surface area contributed by atoms with Crippen LogP contribution in [0.5, 0.6) is 11.5 Å². The van der Waals surface area contributed by atoms with E-state index in [0.717, 1.165) is 0 Å². The smallest absolute Gasteiger partial charge is 0.310 e. The van der Waals surface area contributed by atoms with Crippen LogP contribution in [-0.2, 0) is 20.9 Å². The highest BCUT2D eigenvalue weighted by atomic mass is 16.5. The van der Waals surface area contributed by atoms with Crippen molar-refractivity contribution in [2.45, 2.75) is 13.5 Å². The summed E-state index contributed by atoms with van der Waals surface area (Å²) in [7, 11) is 2.85. The molecule has 2 aromatic rings. The molecule has 0 aliphatic heterocycles. The Hall–Kier alpha value is -2.96. The molecule has 0 fully saturated rings. The van der Waals surface area contributed by atoms with E-state index in [1.54, 1.807) is 37.3 Å². The Kier molecular flexibility index (Phi) is 7.08. The molecule has 7 heteroatoms. The maximum atomic E-state index is 12.7. The van der Waals surface area contributed by atoms with Crippen molar-refractivity contribution in [2.24, 2.45) is 5.92 Å². The standard InChI is InChI=1S/C19H23NO6/c1-14(19(22)24-3)11-20(12-15-7-6-10-25-15)18(21)13-26-17-9-5-4-8-16(17)23-2/h4-10,14H,11-13H2,1-3H3. The Balaban J connectivity index is 2.05. The number of benzene rings is 1. The van der Waals surface area contributed by atoms with Crippen LogP contribution in [0.15, 0.2) is 47.1 Å². The molecule has 0 N–H and O–H groups in total. The highest BCUT2D eigenvalue weighted by Gasteiger charge is 2.23. The molecule has 1 aromatic carbocycles. The van der Waals surface area contributed by atoms with Gasteiger partial charge in [-0.25, -0.2) is 0 Å². The first-order valence-electron chi connectivity index (χ1n) is 8.19. The Morgan fingerprint density at radius 1 is 1.12 bits per heavy atom. The zero-order chi connectivity index (χ0) is 18.9. The molecule has 0 bridgehead atoms. The molecule has 1 unspecified atom stereocenters. The maximum absolute atomic E-state index is 12.7. The number of ether oxygens (including phenoxy) is 3. The third kappa shape index (κ3) is 5.27. The van der Waals surface area contributed by atoms with Crippen molar-refractivity contribution in [1.29, 1.82) is 0 Å². The van der Waals surface area contributed by atoms with Crippen molar-refractivity contribution in [3.8, 4) is 11.5 Å². The largest absolute Gasteiger partial charge is 0.493 e. The highest BCUT2D eigenvalue weighted by molar-refractivity contribution is 5.79. The molecule has 1 aromatic heterocycles. The average Bonchev–Trinajstić information content (AvgIpc) is 3.18. The summed E-state index contributed by atoms with van der Waals surface area (Å²) in [5.41, 5.74) is 0. The van der Waals surface area contributed by atoms with Crippen molar-refractivity contribution in [2.75, 3.05) is 27.4 Å². The molecule has 0 spiro atoms. The first kappa shape index (κ1) is 19.4. The van der Waals surface area contributed by atoms with Gasteiger partial charge in [-0.2, -0.15) is 0 Å². The summed E-state index contributed by atoms with van der Waals surface area (Å²) in [5.74, 6) is 0.511. The quantitative estimate of drug-likeness (QED) is 0.639. The molecule has 0 aliphatic carbocycles. The minimum absolute atomic E-state index is 0.186. The summed E-state index contributed by atoms with van der Waals surface area (Å²) in [4.78, 5) is 25.9. The number of hydrogen-bond acceptors (Lipinski definition) is 6. The van der Waals surface area contributed by atoms with Crippen LogP contribution in [-0.4, -0.2) is 44.1 Å². The van der Waals surface area contributed by atoms with Crippen molar-refractivity contribution >= 4 is 11.9 Å². The lowest BCUT2D eigenvalue weighted by molar-refractivity contribution is -0.147. The number of furan rings is 1. The number of esters is 1. The summed E-state index contributed by atoms with van der Waals surface area (Å²) in [6.45, 7) is 1.95. The van der Waals surface area contributed by atoms with Gasteiger partial charge in [0.05, 0.1) is 32.9 Å². The van der Waals surface area contributed by atoms with Crippen LogP contribution in [0, 0.1) is 5.92 Å². The van der Waals surface area contributed by atoms with Crippen molar-refractivity contribution in [3.63, 3.8) is 0 Å². The summed E-state index contributed by atoms with van der Waals surface area (Å²) >= 11 is 0. The fraction of sp³-hybridized carbons (Fsp3) is 0.368. The van der Waals surface area contributed by atoms with Crippen molar-refractivity contribution in [3.05, 3.63) is 48.4 Å². The Bertz CT molecular complexity index is 713. The summed E-state index contributed by atoms with van der Waals surface area (Å²) < 4.78 is 20.9. The van der Waals surface area contributed by atoms with Crippen LogP contribution in [0.25, 0.3) is 0 Å². The molecular formula is C19H23NO6. The SMILES string of the molecule is COC(=O)C(C)CN(Cc1ccco1)C(=O)COc1ccccc1OC. The molecule has 0 aliphatic rings. The maximum Gasteiger partial charge on any atom is 0.310 e. The molecule has 1 amide bonds. The van der Waals surface area contributed by atoms with Gasteiger partial charge in [-0.3, -0.25) is 9.59 Å². The number of carbonyl (C=O) groups excluding carboxylic acids is 2. The molecule has 0 radical (unpaired) electrons. The average molecular weight is 361 g/mol. The van der Waals surface area contributed by atoms with Crippen LogP contribution in [0.2, 0.25) is 0 Å². The second-order valence-corrected chi connectivity index (χ2v) is 5.72. The first-order chi connectivity index (χ1) is 12.5. The minimum atomic E-state index is -0.467. The molecule has 0 saturated heterocycles. The zero-order valence-corrected chi connectivity index (χ0v) is 15.1. The van der Waals surface area contributed by atoms with E-state index < -0.39 is 5.92 Å². The lowest BCUT2D eigenvalue weighted by atomic mass is 10.1. The lowest BCUT2D eigenvalue weighted by Gasteiger charge is -2.24. The van der Waals surface area contributed by atoms with Gasteiger partial charge in [0.2, 0.25) is 0 Å². The fourth-order valence-electron chi connectivity index (χ4n) is 2.42. The normalized spacial score (nSPS) is 11.5. The van der Waals surface area contributed by atoms with E-state index >= 15 is 0 Å². The number of rotatable bonds is 9. The van der Waals surface area contributed by atoms with E-state index in [-0.39, 0.29) is 31.6 Å². The number of hydrogen-bond donors (Lipinski definition) is 0. The predicted octanol–water partition coefficient (Wildman–Crippen LogP) is 2.50. The highest BCUT2D eigenvalue weighted by Crippen LogP contribution is 2.25. The van der Waals surface area contributed by atoms with Gasteiger partial charge in [0, 0.05) is 6.54 Å². The molecule has 26 heavy (non-hydrogen) atoms. The van der Waals surface area contributed by atoms with Crippen LogP contribution in [0.3, 0.4) is 0 Å². The lowest BCUT2D eigenvalue weighted by Crippen LogP contribution is -2.39. The third-order valence-electron chi connectivity index (χ3n) is 3.80. The Morgan fingerprint density at radius 3 is 2.46 bits per heavy atom. The van der Waals surface area contributed by atoms with E-state index in [1.165, 1.54) is 25.4 Å². The number of para-hydroxylation sites is 2. The van der Waals surface area contributed by atoms with Crippen LogP contribution >= 0.6 is 0 Å². The van der Waals surface area contributed by atoms with E-state index in [2.05, 4.69) is 0 Å². The topological polar surface area (TPSA) is 78.2 Å². The summed E-state index contributed by atoms with van der Waals surface area (Å²) in [6, 6.07) is 10.6. The molecule has 140 valence electrons. The molecule has 1 atom stereocenters. The van der Waals surface area contributed by atoms with E-state index in [1.807, 2.05) is 6.07 Å². The monoisotopic (exact) mass is 361 g/mol. The van der Waals surface area contributed by atoms with Gasteiger partial charge in [-0.05, 0) is 24.3 Å². The number of nitrogens with zero attached hydrogens (tertiary/aromatic N) is 1. The number of methoxy groups -OCH3 is 2. The minimum Gasteiger partial charge on any atom is -0.493 e. The third-order valence-corrected chi connectivity index (χ3v) is 3.80. The van der Waals surface area contributed by atoms with Gasteiger partial charge in [-0.1, -0.05) is 19.1 Å². The second kappa shape index (κ2) is 9.50. The molecule has 0 saturated carbocycles. The molecule has 1 heterocycles. The summed E-state index contributed by atoms with van der Waals surface area (Å²) in [6.07, 6.45) is 1.53. The van der Waals surface area contributed by atoms with E-state index in [0.29, 0.717) is 17.3 Å². The fourth-order valence-corrected chi connectivity index (χ4v) is 2.42. The van der Waals surface area contributed by atoms with Crippen LogP contribution in [0.4, 0.5) is 0 Å². The molecule has 2 rings (SSSR count). The Morgan fingerprint density at radius 2 is 1.85 bits per heavy atom. The molecular weight excluding hydrogens is 338 g/mol. The van der Waals surface area contributed by atoms with Gasteiger partial charge in [0.25, 0.3) is 5.91 Å². The van der Waals surface area contributed by atoms with Gasteiger partial charge in [0.15, 0.2) is 18.1 Å². The Labute approximate surface area is 152 Å². The van der Waals surface area contributed by atoms with Crippen molar-refractivity contribution in [1.82, 2.24) is 4.90 Å². The van der Waals surface area contributed by atoms with Crippen molar-refractivity contribution < 1.29 is 28.2 Å². The zero-order valence-electron chi connectivity index (χ0n) is 15.1.